The summed E-state index contributed by atoms with van der Waals surface area (Å²) in [5.41, 5.74) is -0.980. The van der Waals surface area contributed by atoms with Crippen molar-refractivity contribution in [2.75, 3.05) is 14.2 Å². The molecule has 11 heteroatoms. The molecular formula is C23H20ClN3O7. The molecule has 2 atom stereocenters. The van der Waals surface area contributed by atoms with Gasteiger partial charge in [0.15, 0.2) is 11.5 Å². The summed E-state index contributed by atoms with van der Waals surface area (Å²) in [5, 5.41) is 7.12. The second-order valence-corrected chi connectivity index (χ2v) is 8.33. The molecule has 0 saturated heterocycles. The van der Waals surface area contributed by atoms with Crippen LogP contribution in [0.1, 0.15) is 29.6 Å². The second kappa shape index (κ2) is 8.21. The SMILES string of the molecule is COc1cc(OC)c2c(c1Cl)OC1(C(=O)C=C(NCc3nc(-c4ccco4)no3)CC1C)C2=O. The first-order valence-corrected chi connectivity index (χ1v) is 10.8. The molecule has 0 bridgehead atoms. The van der Waals surface area contributed by atoms with Crippen LogP contribution in [0.5, 0.6) is 17.2 Å². The quantitative estimate of drug-likeness (QED) is 0.517. The number of halogens is 1. The maximum Gasteiger partial charge on any atom is 0.246 e. The fourth-order valence-corrected chi connectivity index (χ4v) is 4.54. The van der Waals surface area contributed by atoms with Crippen LogP contribution < -0.4 is 19.5 Å². The molecule has 1 spiro atoms. The first kappa shape index (κ1) is 22.0. The molecule has 1 aliphatic carbocycles. The Kier molecular flexibility index (Phi) is 5.32. The van der Waals surface area contributed by atoms with Crippen LogP contribution in [0.15, 0.2) is 45.2 Å². The van der Waals surface area contributed by atoms with E-state index in [-0.39, 0.29) is 34.4 Å². The number of rotatable bonds is 6. The number of methoxy groups -OCH3 is 2. The predicted molar refractivity (Wildman–Crippen MR) is 118 cm³/mol. The molecule has 34 heavy (non-hydrogen) atoms. The third-order valence-electron chi connectivity index (χ3n) is 5.99. The Bertz CT molecular complexity index is 1310. The van der Waals surface area contributed by atoms with Gasteiger partial charge >= 0.3 is 0 Å². The van der Waals surface area contributed by atoms with Crippen LogP contribution >= 0.6 is 11.6 Å². The third kappa shape index (κ3) is 3.25. The van der Waals surface area contributed by atoms with E-state index in [1.165, 1.54) is 32.6 Å². The van der Waals surface area contributed by atoms with Gasteiger partial charge in [-0.3, -0.25) is 9.59 Å². The molecule has 10 nitrogen and oxygen atoms in total. The molecular weight excluding hydrogens is 466 g/mol. The molecule has 0 amide bonds. The number of Topliss-reactive ketones (excluding diaryl/α,β-unsaturated/α-hetero) is 1. The predicted octanol–water partition coefficient (Wildman–Crippen LogP) is 3.60. The average molecular weight is 486 g/mol. The summed E-state index contributed by atoms with van der Waals surface area (Å²) in [6.45, 7) is 1.97. The van der Waals surface area contributed by atoms with Gasteiger partial charge in [0.05, 0.1) is 27.0 Å². The molecule has 5 rings (SSSR count). The van der Waals surface area contributed by atoms with Gasteiger partial charge in [-0.25, -0.2) is 0 Å². The van der Waals surface area contributed by atoms with E-state index in [2.05, 4.69) is 15.5 Å². The van der Waals surface area contributed by atoms with Crippen LogP contribution in [0.4, 0.5) is 0 Å². The molecule has 2 aromatic heterocycles. The van der Waals surface area contributed by atoms with Gasteiger partial charge in [0.1, 0.15) is 22.1 Å². The molecule has 2 unspecified atom stereocenters. The number of allylic oxidation sites excluding steroid dienone is 1. The maximum absolute atomic E-state index is 13.5. The van der Waals surface area contributed by atoms with Crippen LogP contribution in [0.25, 0.3) is 11.6 Å². The van der Waals surface area contributed by atoms with Crippen LogP contribution in [0, 0.1) is 5.92 Å². The minimum atomic E-state index is -1.73. The topological polar surface area (TPSA) is 126 Å². The van der Waals surface area contributed by atoms with Crippen LogP contribution in [0.3, 0.4) is 0 Å². The summed E-state index contributed by atoms with van der Waals surface area (Å²) in [6.07, 6.45) is 3.25. The molecule has 176 valence electrons. The summed E-state index contributed by atoms with van der Waals surface area (Å²) in [5.74, 6) is 0.248. The number of ether oxygens (including phenoxy) is 3. The summed E-state index contributed by atoms with van der Waals surface area (Å²) in [4.78, 5) is 31.1. The number of fused-ring (bicyclic) bond motifs is 1. The van der Waals surface area contributed by atoms with Crippen LogP contribution in [0.2, 0.25) is 5.02 Å². The Balaban J connectivity index is 1.38. The van der Waals surface area contributed by atoms with Crippen molar-refractivity contribution >= 4 is 23.2 Å². The van der Waals surface area contributed by atoms with E-state index < -0.39 is 23.1 Å². The minimum Gasteiger partial charge on any atom is -0.496 e. The Morgan fingerprint density at radius 1 is 1.26 bits per heavy atom. The van der Waals surface area contributed by atoms with Crippen molar-refractivity contribution in [2.45, 2.75) is 25.5 Å². The van der Waals surface area contributed by atoms with E-state index in [4.69, 9.17) is 34.8 Å². The zero-order chi connectivity index (χ0) is 24.0. The van der Waals surface area contributed by atoms with Gasteiger partial charge in [-0.05, 0) is 18.6 Å². The Hall–Kier alpha value is -3.79. The Labute approximate surface area is 198 Å². The van der Waals surface area contributed by atoms with E-state index >= 15 is 0 Å². The minimum absolute atomic E-state index is 0.0872. The standard InChI is InChI=1S/C23H20ClN3O7/c1-11-7-12(25-10-17-26-22(27-34-17)13-5-4-6-32-13)8-16(28)23(11)21(29)18-14(30-2)9-15(31-3)19(24)20(18)33-23/h4-6,8-9,11,25H,7,10H2,1-3H3. The van der Waals surface area contributed by atoms with E-state index in [0.717, 1.165) is 0 Å². The second-order valence-electron chi connectivity index (χ2n) is 7.95. The highest BCUT2D eigenvalue weighted by molar-refractivity contribution is 6.36. The van der Waals surface area contributed by atoms with Gasteiger partial charge in [-0.15, -0.1) is 0 Å². The van der Waals surface area contributed by atoms with E-state index in [9.17, 15) is 9.59 Å². The zero-order valence-electron chi connectivity index (χ0n) is 18.5. The van der Waals surface area contributed by atoms with Crippen molar-refractivity contribution < 1.29 is 32.7 Å². The van der Waals surface area contributed by atoms with Crippen molar-refractivity contribution in [2.24, 2.45) is 5.92 Å². The van der Waals surface area contributed by atoms with E-state index in [1.54, 1.807) is 19.1 Å². The summed E-state index contributed by atoms with van der Waals surface area (Å²) in [6, 6.07) is 4.95. The highest BCUT2D eigenvalue weighted by Gasteiger charge is 2.60. The molecule has 0 saturated carbocycles. The Morgan fingerprint density at radius 3 is 2.74 bits per heavy atom. The lowest BCUT2D eigenvalue weighted by atomic mass is 9.74. The van der Waals surface area contributed by atoms with Crippen molar-refractivity contribution in [1.82, 2.24) is 15.5 Å². The lowest BCUT2D eigenvalue weighted by Crippen LogP contribution is -2.55. The lowest BCUT2D eigenvalue weighted by molar-refractivity contribution is -0.129. The van der Waals surface area contributed by atoms with Gasteiger partial charge < -0.3 is 28.5 Å². The highest BCUT2D eigenvalue weighted by atomic mass is 35.5. The first-order valence-electron chi connectivity index (χ1n) is 10.4. The fraction of sp³-hybridized carbons (Fsp3) is 0.304. The molecule has 0 fully saturated rings. The molecule has 1 N–H and O–H groups in total. The smallest absolute Gasteiger partial charge is 0.246 e. The number of ketones is 2. The third-order valence-corrected chi connectivity index (χ3v) is 6.34. The van der Waals surface area contributed by atoms with Gasteiger partial charge in [0, 0.05) is 23.8 Å². The van der Waals surface area contributed by atoms with Crippen LogP contribution in [-0.4, -0.2) is 41.5 Å². The number of benzene rings is 1. The number of aromatic nitrogens is 2. The summed E-state index contributed by atoms with van der Waals surface area (Å²) < 4.78 is 27.1. The first-order chi connectivity index (χ1) is 16.4. The number of nitrogens with zero attached hydrogens (tertiary/aromatic N) is 2. The normalized spacial score (nSPS) is 21.3. The van der Waals surface area contributed by atoms with Gasteiger partial charge in [0.25, 0.3) is 0 Å². The maximum atomic E-state index is 13.5. The number of hydrogen-bond donors (Lipinski definition) is 1. The fourth-order valence-electron chi connectivity index (χ4n) is 4.27. The zero-order valence-corrected chi connectivity index (χ0v) is 19.3. The van der Waals surface area contributed by atoms with Crippen molar-refractivity contribution in [1.29, 1.82) is 0 Å². The Morgan fingerprint density at radius 2 is 2.06 bits per heavy atom. The van der Waals surface area contributed by atoms with E-state index in [1.807, 2.05) is 0 Å². The number of furan rings is 1. The summed E-state index contributed by atoms with van der Waals surface area (Å²) in [7, 11) is 2.86. The average Bonchev–Trinajstić information content (AvgIpc) is 3.57. The molecule has 3 heterocycles. The molecule has 1 aromatic carbocycles. The summed E-state index contributed by atoms with van der Waals surface area (Å²) >= 11 is 6.40. The van der Waals surface area contributed by atoms with Gasteiger partial charge in [-0.1, -0.05) is 23.7 Å². The number of nitrogens with one attached hydrogen (secondary N) is 1. The molecule has 1 aliphatic heterocycles. The molecule has 3 aromatic rings. The van der Waals surface area contributed by atoms with Gasteiger partial charge in [-0.2, -0.15) is 4.98 Å². The largest absolute Gasteiger partial charge is 0.496 e. The van der Waals surface area contributed by atoms with Gasteiger partial charge in [0.2, 0.25) is 28.9 Å². The number of carbonyl (C=O) groups is 2. The molecule has 2 aliphatic rings. The van der Waals surface area contributed by atoms with Crippen molar-refractivity contribution in [3.05, 3.63) is 52.7 Å². The number of hydrogen-bond acceptors (Lipinski definition) is 10. The van der Waals surface area contributed by atoms with Crippen LogP contribution in [-0.2, 0) is 11.3 Å². The monoisotopic (exact) mass is 485 g/mol. The highest BCUT2D eigenvalue weighted by Crippen LogP contribution is 2.52. The lowest BCUT2D eigenvalue weighted by Gasteiger charge is -2.35. The number of carbonyl (C=O) groups excluding carboxylic acids is 2. The molecule has 0 radical (unpaired) electrons. The van der Waals surface area contributed by atoms with E-state index in [0.29, 0.717) is 29.6 Å². The van der Waals surface area contributed by atoms with Crippen molar-refractivity contribution in [3.63, 3.8) is 0 Å². The van der Waals surface area contributed by atoms with Crippen molar-refractivity contribution in [3.8, 4) is 28.8 Å².